The monoisotopic (exact) mass is 294 g/mol. The van der Waals surface area contributed by atoms with Crippen LogP contribution in [0.3, 0.4) is 0 Å². The first-order valence-electron chi connectivity index (χ1n) is 6.04. The van der Waals surface area contributed by atoms with Gasteiger partial charge in [0.05, 0.1) is 16.4 Å². The molecule has 100 valence electrons. The van der Waals surface area contributed by atoms with E-state index in [1.165, 1.54) is 0 Å². The molecule has 0 atom stereocenters. The summed E-state index contributed by atoms with van der Waals surface area (Å²) in [5, 5.41) is 5.14. The van der Waals surface area contributed by atoms with Crippen LogP contribution in [0.15, 0.2) is 29.2 Å². The first kappa shape index (κ1) is 14.2. The number of carbonyl (C=O) groups is 1. The highest BCUT2D eigenvalue weighted by molar-refractivity contribution is 7.98. The summed E-state index contributed by atoms with van der Waals surface area (Å²) in [6.07, 6.45) is 1.69. The van der Waals surface area contributed by atoms with Crippen molar-refractivity contribution >= 4 is 29.6 Å². The summed E-state index contributed by atoms with van der Waals surface area (Å²) >= 11 is 7.95. The van der Waals surface area contributed by atoms with E-state index < -0.39 is 0 Å². The molecule has 0 aliphatic carbocycles. The lowest BCUT2D eigenvalue weighted by Gasteiger charge is -2.04. The van der Waals surface area contributed by atoms with Gasteiger partial charge in [0.1, 0.15) is 6.29 Å². The fourth-order valence-electron chi connectivity index (χ4n) is 1.81. The van der Waals surface area contributed by atoms with Crippen LogP contribution in [0.4, 0.5) is 0 Å². The standard InChI is InChI=1S/C14H15ClN2OS/c1-3-12-14(15)13(17(2)16-12)9-19-11-6-4-5-10(7-11)8-18/h4-8H,3,9H2,1-2H3. The number of aldehydes is 1. The maximum absolute atomic E-state index is 10.7. The summed E-state index contributed by atoms with van der Waals surface area (Å²) in [6.45, 7) is 2.04. The Labute approximate surface area is 122 Å². The molecule has 0 N–H and O–H groups in total. The van der Waals surface area contributed by atoms with E-state index in [0.29, 0.717) is 5.56 Å². The van der Waals surface area contributed by atoms with Crippen molar-refractivity contribution in [1.82, 2.24) is 9.78 Å². The van der Waals surface area contributed by atoms with Crippen molar-refractivity contribution in [2.45, 2.75) is 24.0 Å². The lowest BCUT2D eigenvalue weighted by molar-refractivity contribution is 0.112. The molecule has 0 amide bonds. The summed E-state index contributed by atoms with van der Waals surface area (Å²) in [5.41, 5.74) is 2.64. The number of nitrogens with zero attached hydrogens (tertiary/aromatic N) is 2. The van der Waals surface area contributed by atoms with Gasteiger partial charge in [-0.25, -0.2) is 0 Å². The van der Waals surface area contributed by atoms with E-state index in [9.17, 15) is 4.79 Å². The molecule has 0 unspecified atom stereocenters. The largest absolute Gasteiger partial charge is 0.298 e. The molecular weight excluding hydrogens is 280 g/mol. The van der Waals surface area contributed by atoms with Crippen molar-refractivity contribution < 1.29 is 4.79 Å². The van der Waals surface area contributed by atoms with Gasteiger partial charge in [0.25, 0.3) is 0 Å². The molecule has 1 heterocycles. The van der Waals surface area contributed by atoms with Crippen LogP contribution >= 0.6 is 23.4 Å². The molecule has 19 heavy (non-hydrogen) atoms. The Morgan fingerprint density at radius 3 is 2.89 bits per heavy atom. The van der Waals surface area contributed by atoms with Crippen LogP contribution in [0.5, 0.6) is 0 Å². The highest BCUT2D eigenvalue weighted by Crippen LogP contribution is 2.28. The summed E-state index contributed by atoms with van der Waals surface area (Å²) < 4.78 is 1.83. The number of halogens is 1. The number of carbonyl (C=O) groups excluding carboxylic acids is 1. The fraction of sp³-hybridized carbons (Fsp3) is 0.286. The van der Waals surface area contributed by atoms with Crippen LogP contribution in [0.1, 0.15) is 28.7 Å². The number of aryl methyl sites for hydroxylation is 2. The molecule has 0 aliphatic rings. The van der Waals surface area contributed by atoms with Gasteiger partial charge in [-0.05, 0) is 18.6 Å². The van der Waals surface area contributed by atoms with E-state index in [2.05, 4.69) is 5.10 Å². The van der Waals surface area contributed by atoms with Crippen LogP contribution in [0.2, 0.25) is 5.02 Å². The topological polar surface area (TPSA) is 34.9 Å². The van der Waals surface area contributed by atoms with E-state index in [1.54, 1.807) is 17.8 Å². The highest BCUT2D eigenvalue weighted by Gasteiger charge is 2.12. The van der Waals surface area contributed by atoms with Crippen molar-refractivity contribution in [2.75, 3.05) is 0 Å². The zero-order valence-corrected chi connectivity index (χ0v) is 12.5. The Morgan fingerprint density at radius 1 is 1.47 bits per heavy atom. The molecular formula is C14H15ClN2OS. The minimum absolute atomic E-state index is 0.690. The molecule has 1 aromatic carbocycles. The Hall–Kier alpha value is -1.26. The Balaban J connectivity index is 2.14. The highest BCUT2D eigenvalue weighted by atomic mass is 35.5. The predicted molar refractivity (Wildman–Crippen MR) is 79.0 cm³/mol. The lowest BCUT2D eigenvalue weighted by Crippen LogP contribution is -1.96. The van der Waals surface area contributed by atoms with Crippen molar-refractivity contribution in [3.63, 3.8) is 0 Å². The fourth-order valence-corrected chi connectivity index (χ4v) is 3.27. The average Bonchev–Trinajstić information content (AvgIpc) is 2.71. The van der Waals surface area contributed by atoms with E-state index in [-0.39, 0.29) is 0 Å². The summed E-state index contributed by atoms with van der Waals surface area (Å²) in [5.74, 6) is 0.741. The predicted octanol–water partition coefficient (Wildman–Crippen LogP) is 3.74. The second kappa shape index (κ2) is 6.26. The number of hydrogen-bond donors (Lipinski definition) is 0. The molecule has 0 radical (unpaired) electrons. The molecule has 5 heteroatoms. The van der Waals surface area contributed by atoms with Crippen molar-refractivity contribution in [3.05, 3.63) is 46.2 Å². The molecule has 1 aromatic heterocycles. The van der Waals surface area contributed by atoms with Gasteiger partial charge < -0.3 is 0 Å². The first-order valence-corrected chi connectivity index (χ1v) is 7.40. The van der Waals surface area contributed by atoms with Crippen molar-refractivity contribution in [1.29, 1.82) is 0 Å². The maximum Gasteiger partial charge on any atom is 0.150 e. The van der Waals surface area contributed by atoms with E-state index in [4.69, 9.17) is 11.6 Å². The normalized spacial score (nSPS) is 10.7. The third kappa shape index (κ3) is 3.19. The maximum atomic E-state index is 10.7. The molecule has 0 aliphatic heterocycles. The van der Waals surface area contributed by atoms with Gasteiger partial charge in [-0.2, -0.15) is 5.10 Å². The van der Waals surface area contributed by atoms with Crippen LogP contribution in [0, 0.1) is 0 Å². The van der Waals surface area contributed by atoms with Gasteiger partial charge in [-0.15, -0.1) is 11.8 Å². The first-order chi connectivity index (χ1) is 9.15. The van der Waals surface area contributed by atoms with Gasteiger partial charge in [0.2, 0.25) is 0 Å². The number of rotatable bonds is 5. The van der Waals surface area contributed by atoms with E-state index >= 15 is 0 Å². The van der Waals surface area contributed by atoms with Crippen molar-refractivity contribution in [3.8, 4) is 0 Å². The Morgan fingerprint density at radius 2 is 2.26 bits per heavy atom. The second-order valence-corrected chi connectivity index (χ2v) is 5.59. The average molecular weight is 295 g/mol. The SMILES string of the molecule is CCc1nn(C)c(CSc2cccc(C=O)c2)c1Cl. The molecule has 0 spiro atoms. The van der Waals surface area contributed by atoms with E-state index in [1.807, 2.05) is 36.9 Å². The summed E-state index contributed by atoms with van der Waals surface area (Å²) in [4.78, 5) is 11.8. The minimum atomic E-state index is 0.690. The van der Waals surface area contributed by atoms with Crippen LogP contribution in [-0.2, 0) is 19.2 Å². The number of hydrogen-bond acceptors (Lipinski definition) is 3. The number of benzene rings is 1. The van der Waals surface area contributed by atoms with Crippen LogP contribution in [0.25, 0.3) is 0 Å². The van der Waals surface area contributed by atoms with Gasteiger partial charge in [-0.3, -0.25) is 9.48 Å². The Kier molecular flexibility index (Phi) is 4.66. The smallest absolute Gasteiger partial charge is 0.150 e. The summed E-state index contributed by atoms with van der Waals surface area (Å²) in [6, 6.07) is 7.54. The third-order valence-corrected chi connectivity index (χ3v) is 4.31. The molecule has 3 nitrogen and oxygen atoms in total. The molecule has 0 saturated heterocycles. The van der Waals surface area contributed by atoms with Gasteiger partial charge in [0.15, 0.2) is 0 Å². The minimum Gasteiger partial charge on any atom is -0.298 e. The lowest BCUT2D eigenvalue weighted by atomic mass is 10.2. The van der Waals surface area contributed by atoms with E-state index in [0.717, 1.165) is 39.8 Å². The zero-order valence-electron chi connectivity index (χ0n) is 10.9. The van der Waals surface area contributed by atoms with Gasteiger partial charge in [0, 0.05) is 23.3 Å². The van der Waals surface area contributed by atoms with Gasteiger partial charge >= 0.3 is 0 Å². The second-order valence-electron chi connectivity index (χ2n) is 4.16. The van der Waals surface area contributed by atoms with Crippen LogP contribution < -0.4 is 0 Å². The number of aromatic nitrogens is 2. The zero-order chi connectivity index (χ0) is 13.8. The van der Waals surface area contributed by atoms with Crippen LogP contribution in [-0.4, -0.2) is 16.1 Å². The third-order valence-electron chi connectivity index (χ3n) is 2.87. The molecule has 0 bridgehead atoms. The molecule has 2 rings (SSSR count). The molecule has 0 fully saturated rings. The molecule has 2 aromatic rings. The Bertz CT molecular complexity index is 595. The number of thioether (sulfide) groups is 1. The molecule has 0 saturated carbocycles. The van der Waals surface area contributed by atoms with Crippen molar-refractivity contribution in [2.24, 2.45) is 7.05 Å². The summed E-state index contributed by atoms with van der Waals surface area (Å²) in [7, 11) is 1.91. The van der Waals surface area contributed by atoms with Gasteiger partial charge in [-0.1, -0.05) is 30.7 Å². The quantitative estimate of drug-likeness (QED) is 0.622.